The number of nitrogens with zero attached hydrogens (tertiary/aromatic N) is 2. The second-order valence-corrected chi connectivity index (χ2v) is 6.68. The van der Waals surface area contributed by atoms with Gasteiger partial charge in [0.05, 0.1) is 16.6 Å². The number of nitrogens with one attached hydrogen (secondary N) is 1. The van der Waals surface area contributed by atoms with Crippen molar-refractivity contribution in [1.82, 2.24) is 15.2 Å². The number of H-pyrrole nitrogens is 1. The van der Waals surface area contributed by atoms with Gasteiger partial charge in [0.15, 0.2) is 5.82 Å². The first-order valence-electron chi connectivity index (χ1n) is 9.31. The number of hydrogen-bond donors (Lipinski definition) is 2. The molecule has 0 atom stereocenters. The predicted molar refractivity (Wildman–Crippen MR) is 116 cm³/mol. The standard InChI is InChI=1S/C24H18N4O/c25-24-21-22(17-11-13-19(14-12-17)29-18-9-5-2-6-10-18)26-15-20(23(21)27-28-24)16-7-3-1-4-8-16/h1-15H,(H3,25,27,28). The summed E-state index contributed by atoms with van der Waals surface area (Å²) in [5, 5.41) is 8.12. The van der Waals surface area contributed by atoms with Gasteiger partial charge in [0.25, 0.3) is 0 Å². The van der Waals surface area contributed by atoms with Crippen molar-refractivity contribution in [2.24, 2.45) is 0 Å². The van der Waals surface area contributed by atoms with E-state index in [4.69, 9.17) is 15.5 Å². The summed E-state index contributed by atoms with van der Waals surface area (Å²) in [4.78, 5) is 4.72. The molecule has 29 heavy (non-hydrogen) atoms. The van der Waals surface area contributed by atoms with Crippen LogP contribution in [0.25, 0.3) is 33.3 Å². The summed E-state index contributed by atoms with van der Waals surface area (Å²) in [5.41, 5.74) is 10.8. The number of pyridine rings is 1. The lowest BCUT2D eigenvalue weighted by molar-refractivity contribution is 0.483. The molecule has 0 radical (unpaired) electrons. The summed E-state index contributed by atoms with van der Waals surface area (Å²) in [7, 11) is 0. The van der Waals surface area contributed by atoms with Crippen LogP contribution in [0.2, 0.25) is 0 Å². The molecule has 3 aromatic carbocycles. The fourth-order valence-corrected chi connectivity index (χ4v) is 3.41. The predicted octanol–water partition coefficient (Wildman–Crippen LogP) is 5.67. The highest BCUT2D eigenvalue weighted by Gasteiger charge is 2.16. The minimum absolute atomic E-state index is 0.435. The van der Waals surface area contributed by atoms with E-state index < -0.39 is 0 Å². The molecule has 0 bridgehead atoms. The van der Waals surface area contributed by atoms with Crippen molar-refractivity contribution < 1.29 is 4.74 Å². The molecule has 0 saturated carbocycles. The van der Waals surface area contributed by atoms with Crippen LogP contribution in [0.5, 0.6) is 11.5 Å². The Hall–Kier alpha value is -4.12. The Labute approximate surface area is 167 Å². The molecule has 2 aromatic heterocycles. The van der Waals surface area contributed by atoms with E-state index in [1.807, 2.05) is 91.1 Å². The largest absolute Gasteiger partial charge is 0.457 e. The molecule has 0 aliphatic carbocycles. The summed E-state index contributed by atoms with van der Waals surface area (Å²) in [6.45, 7) is 0. The van der Waals surface area contributed by atoms with Crippen LogP contribution in [0.15, 0.2) is 91.1 Å². The number of fused-ring (bicyclic) bond motifs is 1. The van der Waals surface area contributed by atoms with Crippen molar-refractivity contribution >= 4 is 16.7 Å². The zero-order valence-electron chi connectivity index (χ0n) is 15.5. The van der Waals surface area contributed by atoms with E-state index in [9.17, 15) is 0 Å². The summed E-state index contributed by atoms with van der Waals surface area (Å²) >= 11 is 0. The zero-order chi connectivity index (χ0) is 19.6. The fraction of sp³-hybridized carbons (Fsp3) is 0. The van der Waals surface area contributed by atoms with Gasteiger partial charge in [0, 0.05) is 17.3 Å². The van der Waals surface area contributed by atoms with Gasteiger partial charge in [0.1, 0.15) is 11.5 Å². The van der Waals surface area contributed by atoms with Gasteiger partial charge in [-0.3, -0.25) is 10.1 Å². The quantitative estimate of drug-likeness (QED) is 0.423. The molecule has 0 aliphatic rings. The molecule has 0 amide bonds. The molecule has 140 valence electrons. The molecule has 5 rings (SSSR count). The minimum atomic E-state index is 0.435. The lowest BCUT2D eigenvalue weighted by Crippen LogP contribution is -1.92. The third kappa shape index (κ3) is 3.19. The first-order chi connectivity index (χ1) is 14.3. The number of ether oxygens (including phenoxy) is 1. The molecule has 0 aliphatic heterocycles. The summed E-state index contributed by atoms with van der Waals surface area (Å²) in [6, 6.07) is 27.6. The first kappa shape index (κ1) is 17.0. The molecule has 5 aromatic rings. The molecule has 3 N–H and O–H groups in total. The number of rotatable bonds is 4. The van der Waals surface area contributed by atoms with Crippen molar-refractivity contribution in [1.29, 1.82) is 0 Å². The van der Waals surface area contributed by atoms with Crippen LogP contribution in [0.3, 0.4) is 0 Å². The fourth-order valence-electron chi connectivity index (χ4n) is 3.41. The van der Waals surface area contributed by atoms with Crippen LogP contribution in [-0.4, -0.2) is 15.2 Å². The van der Waals surface area contributed by atoms with Crippen molar-refractivity contribution in [3.8, 4) is 33.9 Å². The smallest absolute Gasteiger partial charge is 0.155 e. The third-order valence-corrected chi connectivity index (χ3v) is 4.81. The second-order valence-electron chi connectivity index (χ2n) is 6.68. The molecule has 5 heteroatoms. The average Bonchev–Trinajstić information content (AvgIpc) is 3.17. The van der Waals surface area contributed by atoms with Crippen molar-refractivity contribution in [3.05, 3.63) is 91.1 Å². The highest BCUT2D eigenvalue weighted by molar-refractivity contribution is 6.06. The summed E-state index contributed by atoms with van der Waals surface area (Å²) in [6.07, 6.45) is 1.86. The number of aromatic nitrogens is 3. The molecule has 0 spiro atoms. The lowest BCUT2D eigenvalue weighted by Gasteiger charge is -2.09. The van der Waals surface area contributed by atoms with Crippen molar-refractivity contribution in [2.75, 3.05) is 5.73 Å². The topological polar surface area (TPSA) is 76.8 Å². The van der Waals surface area contributed by atoms with E-state index in [0.717, 1.165) is 44.8 Å². The molecular weight excluding hydrogens is 360 g/mol. The second kappa shape index (κ2) is 7.13. The minimum Gasteiger partial charge on any atom is -0.457 e. The molecule has 2 heterocycles. The third-order valence-electron chi connectivity index (χ3n) is 4.81. The highest BCUT2D eigenvalue weighted by atomic mass is 16.5. The normalized spacial score (nSPS) is 10.9. The van der Waals surface area contributed by atoms with E-state index in [-0.39, 0.29) is 0 Å². The molecule has 0 fully saturated rings. The van der Waals surface area contributed by atoms with E-state index >= 15 is 0 Å². The Morgan fingerprint density at radius 3 is 2.10 bits per heavy atom. The van der Waals surface area contributed by atoms with Crippen molar-refractivity contribution in [2.45, 2.75) is 0 Å². The van der Waals surface area contributed by atoms with Crippen LogP contribution in [0, 0.1) is 0 Å². The van der Waals surface area contributed by atoms with Gasteiger partial charge in [-0.1, -0.05) is 48.5 Å². The maximum Gasteiger partial charge on any atom is 0.155 e. The molecule has 5 nitrogen and oxygen atoms in total. The van der Waals surface area contributed by atoms with E-state index in [2.05, 4.69) is 10.2 Å². The van der Waals surface area contributed by atoms with E-state index in [0.29, 0.717) is 5.82 Å². The number of hydrogen-bond acceptors (Lipinski definition) is 4. The van der Waals surface area contributed by atoms with E-state index in [1.165, 1.54) is 0 Å². The lowest BCUT2D eigenvalue weighted by atomic mass is 10.0. The van der Waals surface area contributed by atoms with Gasteiger partial charge >= 0.3 is 0 Å². The van der Waals surface area contributed by atoms with Gasteiger partial charge in [-0.25, -0.2) is 0 Å². The van der Waals surface area contributed by atoms with Gasteiger partial charge in [-0.05, 0) is 42.0 Å². The Kier molecular flexibility index (Phi) is 4.18. The Morgan fingerprint density at radius 1 is 0.724 bits per heavy atom. The SMILES string of the molecule is Nc1n[nH]c2c(-c3ccccc3)cnc(-c3ccc(Oc4ccccc4)cc3)c12. The van der Waals surface area contributed by atoms with Crippen molar-refractivity contribution in [3.63, 3.8) is 0 Å². The monoisotopic (exact) mass is 378 g/mol. The molecule has 0 saturated heterocycles. The van der Waals surface area contributed by atoms with Crippen LogP contribution >= 0.6 is 0 Å². The summed E-state index contributed by atoms with van der Waals surface area (Å²) in [5.74, 6) is 1.99. The van der Waals surface area contributed by atoms with Crippen LogP contribution in [0.1, 0.15) is 0 Å². The van der Waals surface area contributed by atoms with Crippen LogP contribution in [0.4, 0.5) is 5.82 Å². The summed E-state index contributed by atoms with van der Waals surface area (Å²) < 4.78 is 5.88. The Balaban J connectivity index is 1.55. The van der Waals surface area contributed by atoms with Gasteiger partial charge in [0.2, 0.25) is 0 Å². The van der Waals surface area contributed by atoms with Gasteiger partial charge in [-0.15, -0.1) is 0 Å². The highest BCUT2D eigenvalue weighted by Crippen LogP contribution is 2.36. The number of anilines is 1. The van der Waals surface area contributed by atoms with Crippen LogP contribution < -0.4 is 10.5 Å². The molecule has 0 unspecified atom stereocenters. The Bertz CT molecular complexity index is 1260. The number of benzene rings is 3. The first-order valence-corrected chi connectivity index (χ1v) is 9.31. The maximum atomic E-state index is 6.19. The Morgan fingerprint density at radius 2 is 1.38 bits per heavy atom. The number of nitrogens with two attached hydrogens (primary N) is 1. The average molecular weight is 378 g/mol. The molecular formula is C24H18N4O. The number of aromatic amines is 1. The van der Waals surface area contributed by atoms with Gasteiger partial charge in [-0.2, -0.15) is 5.10 Å². The maximum absolute atomic E-state index is 6.19. The number of para-hydroxylation sites is 1. The van der Waals surface area contributed by atoms with Gasteiger partial charge < -0.3 is 10.5 Å². The van der Waals surface area contributed by atoms with E-state index in [1.54, 1.807) is 0 Å². The number of nitrogen functional groups attached to an aromatic ring is 1. The zero-order valence-corrected chi connectivity index (χ0v) is 15.5. The van der Waals surface area contributed by atoms with Crippen LogP contribution in [-0.2, 0) is 0 Å².